The minimum atomic E-state index is 0.565. The molecule has 0 unspecified atom stereocenters. The first-order valence-electron chi connectivity index (χ1n) is 9.62. The van der Waals surface area contributed by atoms with Crippen LogP contribution in [0.4, 0.5) is 11.5 Å². The number of carbonyl (C=O) groups is 1. The number of hydrogen-bond acceptors (Lipinski definition) is 8. The van der Waals surface area contributed by atoms with E-state index >= 15 is 0 Å². The molecule has 0 saturated heterocycles. The lowest BCUT2D eigenvalue weighted by molar-refractivity contribution is 0.112. The van der Waals surface area contributed by atoms with Gasteiger partial charge in [0.2, 0.25) is 0 Å². The van der Waals surface area contributed by atoms with E-state index in [1.54, 1.807) is 24.6 Å². The van der Waals surface area contributed by atoms with Crippen LogP contribution in [-0.2, 0) is 0 Å². The molecule has 162 valence electrons. The average Bonchev–Trinajstić information content (AvgIpc) is 3.30. The molecule has 3 heterocycles. The van der Waals surface area contributed by atoms with Crippen molar-refractivity contribution >= 4 is 39.4 Å². The van der Waals surface area contributed by atoms with Crippen LogP contribution >= 0.6 is 15.9 Å². The maximum atomic E-state index is 10.2. The predicted molar refractivity (Wildman–Crippen MR) is 124 cm³/mol. The van der Waals surface area contributed by atoms with Crippen molar-refractivity contribution in [3.8, 4) is 11.3 Å². The van der Waals surface area contributed by atoms with Gasteiger partial charge in [-0.1, -0.05) is 23.4 Å². The second-order valence-electron chi connectivity index (χ2n) is 6.73. The Morgan fingerprint density at radius 3 is 2.65 bits per heavy atom. The number of anilines is 2. The Hall–Kier alpha value is -3.24. The summed E-state index contributed by atoms with van der Waals surface area (Å²) in [6.45, 7) is 5.09. The van der Waals surface area contributed by atoms with E-state index in [4.69, 9.17) is 10.3 Å². The van der Waals surface area contributed by atoms with Gasteiger partial charge in [0.05, 0.1) is 27.6 Å². The Kier molecular flexibility index (Phi) is 7.37. The van der Waals surface area contributed by atoms with E-state index < -0.39 is 0 Å². The van der Waals surface area contributed by atoms with Crippen LogP contribution in [0.15, 0.2) is 45.5 Å². The van der Waals surface area contributed by atoms with E-state index in [9.17, 15) is 4.79 Å². The Balaban J connectivity index is 0.000000254. The molecule has 0 fully saturated rings. The van der Waals surface area contributed by atoms with Crippen molar-refractivity contribution in [1.82, 2.24) is 25.1 Å². The number of nitrogens with two attached hydrogens (primary N) is 1. The van der Waals surface area contributed by atoms with E-state index in [0.29, 0.717) is 22.7 Å². The van der Waals surface area contributed by atoms with Crippen molar-refractivity contribution in [2.45, 2.75) is 13.8 Å². The van der Waals surface area contributed by atoms with E-state index in [-0.39, 0.29) is 0 Å². The summed E-state index contributed by atoms with van der Waals surface area (Å²) in [5.41, 5.74) is 10.5. The molecule has 0 aliphatic heterocycles. The number of para-hydroxylation sites is 1. The van der Waals surface area contributed by atoms with E-state index in [2.05, 4.69) is 41.8 Å². The van der Waals surface area contributed by atoms with Crippen molar-refractivity contribution < 1.29 is 9.32 Å². The highest BCUT2D eigenvalue weighted by Crippen LogP contribution is 2.28. The summed E-state index contributed by atoms with van der Waals surface area (Å²) in [4.78, 5) is 14.9. The summed E-state index contributed by atoms with van der Waals surface area (Å²) in [6.07, 6.45) is 2.49. The Morgan fingerprint density at radius 2 is 2.03 bits per heavy atom. The summed E-state index contributed by atoms with van der Waals surface area (Å²) in [5, 5.41) is 14.4. The van der Waals surface area contributed by atoms with Crippen LogP contribution in [0.25, 0.3) is 16.9 Å². The number of nitrogens with zero attached hydrogens (tertiary/aromatic N) is 4. The summed E-state index contributed by atoms with van der Waals surface area (Å²) >= 11 is 3.49. The van der Waals surface area contributed by atoms with Crippen molar-refractivity contribution in [1.29, 1.82) is 0 Å². The molecule has 0 bridgehead atoms. The smallest absolute Gasteiger partial charge is 0.172 e. The van der Waals surface area contributed by atoms with Crippen LogP contribution in [0.3, 0.4) is 0 Å². The number of nitrogen functional groups attached to an aromatic ring is 1. The highest BCUT2D eigenvalue weighted by molar-refractivity contribution is 9.10. The fraction of sp³-hybridized carbons (Fsp3) is 0.238. The molecule has 0 aliphatic rings. The van der Waals surface area contributed by atoms with E-state index in [1.165, 1.54) is 0 Å². The maximum absolute atomic E-state index is 10.2. The maximum Gasteiger partial charge on any atom is 0.172 e. The number of hydrogen-bond donors (Lipinski definition) is 3. The topological polar surface area (TPSA) is 123 Å². The van der Waals surface area contributed by atoms with Crippen molar-refractivity contribution in [2.75, 3.05) is 31.2 Å². The lowest BCUT2D eigenvalue weighted by atomic mass is 10.1. The third kappa shape index (κ3) is 5.09. The number of aryl methyl sites for hydroxylation is 2. The van der Waals surface area contributed by atoms with Crippen molar-refractivity contribution in [2.24, 2.45) is 0 Å². The Bertz CT molecular complexity index is 1170. The molecule has 0 amide bonds. The van der Waals surface area contributed by atoms with E-state index in [0.717, 1.165) is 46.6 Å². The number of aldehydes is 1. The van der Waals surface area contributed by atoms with Gasteiger partial charge in [-0.2, -0.15) is 9.61 Å². The summed E-state index contributed by atoms with van der Waals surface area (Å²) in [5.74, 6) is 1.46. The number of fused-ring (bicyclic) bond motifs is 1. The molecule has 31 heavy (non-hydrogen) atoms. The van der Waals surface area contributed by atoms with Gasteiger partial charge < -0.3 is 20.9 Å². The molecule has 1 aromatic carbocycles. The quantitative estimate of drug-likeness (QED) is 0.215. The molecule has 0 aliphatic carbocycles. The molecule has 10 heteroatoms. The molecular weight excluding hydrogens is 462 g/mol. The SMILES string of the molecule is CNCCNc1cc(-c2ccccc2N)nc2c(Br)cnn12.Cc1noc(C)c1C=O. The average molecular weight is 486 g/mol. The van der Waals surface area contributed by atoms with Crippen LogP contribution < -0.4 is 16.4 Å². The van der Waals surface area contributed by atoms with Crippen LogP contribution in [0.2, 0.25) is 0 Å². The second kappa shape index (κ2) is 10.2. The van der Waals surface area contributed by atoms with Gasteiger partial charge in [-0.25, -0.2) is 4.98 Å². The lowest BCUT2D eigenvalue weighted by Crippen LogP contribution is -2.19. The Morgan fingerprint density at radius 1 is 1.26 bits per heavy atom. The molecule has 3 aromatic heterocycles. The van der Waals surface area contributed by atoms with E-state index in [1.807, 2.05) is 37.4 Å². The third-order valence-electron chi connectivity index (χ3n) is 4.55. The molecule has 0 saturated carbocycles. The molecule has 0 radical (unpaired) electrons. The first-order valence-corrected chi connectivity index (χ1v) is 10.4. The minimum Gasteiger partial charge on any atom is -0.398 e. The normalized spacial score (nSPS) is 10.6. The monoisotopic (exact) mass is 485 g/mol. The highest BCUT2D eigenvalue weighted by atomic mass is 79.9. The number of halogens is 1. The minimum absolute atomic E-state index is 0.565. The first-order chi connectivity index (χ1) is 15.0. The van der Waals surface area contributed by atoms with Gasteiger partial charge in [-0.05, 0) is 42.9 Å². The molecule has 0 atom stereocenters. The number of benzene rings is 1. The van der Waals surface area contributed by atoms with Crippen LogP contribution in [0.5, 0.6) is 0 Å². The molecule has 4 N–H and O–H groups in total. The van der Waals surface area contributed by atoms with Gasteiger partial charge in [0.25, 0.3) is 0 Å². The zero-order chi connectivity index (χ0) is 22.4. The van der Waals surface area contributed by atoms with Crippen molar-refractivity contribution in [3.05, 3.63) is 58.0 Å². The Labute approximate surface area is 188 Å². The third-order valence-corrected chi connectivity index (χ3v) is 5.11. The van der Waals surface area contributed by atoms with Crippen molar-refractivity contribution in [3.63, 3.8) is 0 Å². The van der Waals surface area contributed by atoms with Gasteiger partial charge in [0, 0.05) is 30.4 Å². The zero-order valence-corrected chi connectivity index (χ0v) is 19.1. The number of likely N-dealkylation sites (N-methyl/N-ethyl adjacent to an activating group) is 1. The van der Waals surface area contributed by atoms with Gasteiger partial charge >= 0.3 is 0 Å². The number of aromatic nitrogens is 4. The van der Waals surface area contributed by atoms with Crippen LogP contribution in [-0.4, -0.2) is 46.2 Å². The zero-order valence-electron chi connectivity index (χ0n) is 17.5. The number of carbonyl (C=O) groups excluding carboxylic acids is 1. The summed E-state index contributed by atoms with van der Waals surface area (Å²) in [6, 6.07) is 9.68. The number of nitrogens with one attached hydrogen (secondary N) is 2. The number of rotatable bonds is 6. The fourth-order valence-corrected chi connectivity index (χ4v) is 3.25. The highest BCUT2D eigenvalue weighted by Gasteiger charge is 2.12. The molecule has 9 nitrogen and oxygen atoms in total. The largest absolute Gasteiger partial charge is 0.398 e. The van der Waals surface area contributed by atoms with Crippen LogP contribution in [0.1, 0.15) is 21.8 Å². The van der Waals surface area contributed by atoms with Gasteiger partial charge in [-0.3, -0.25) is 4.79 Å². The molecule has 0 spiro atoms. The predicted octanol–water partition coefficient (Wildman–Crippen LogP) is 3.48. The first kappa shape index (κ1) is 22.4. The summed E-state index contributed by atoms with van der Waals surface area (Å²) < 4.78 is 7.33. The van der Waals surface area contributed by atoms with Crippen LogP contribution in [0, 0.1) is 13.8 Å². The second-order valence-corrected chi connectivity index (χ2v) is 7.58. The summed E-state index contributed by atoms with van der Waals surface area (Å²) in [7, 11) is 1.92. The fourth-order valence-electron chi connectivity index (χ4n) is 2.90. The molecule has 4 aromatic rings. The molecular formula is C21H24BrN7O2. The van der Waals surface area contributed by atoms with Gasteiger partial charge in [0.1, 0.15) is 11.6 Å². The standard InChI is InChI=1S/C15H17BrN6.C6H7NO2/c1-18-6-7-19-14-8-13(10-4-2-3-5-12(10)17)21-15-11(16)9-20-22(14)15;1-4-6(3-8)5(2)9-7-4/h2-5,8-9,18-19H,6-7,17H2,1H3;3H,1-2H3. The molecule has 4 rings (SSSR count). The van der Waals surface area contributed by atoms with Gasteiger partial charge in [0.15, 0.2) is 11.9 Å². The van der Waals surface area contributed by atoms with Gasteiger partial charge in [-0.15, -0.1) is 0 Å². The lowest BCUT2D eigenvalue weighted by Gasteiger charge is -2.11.